The van der Waals surface area contributed by atoms with E-state index in [2.05, 4.69) is 27.9 Å². The van der Waals surface area contributed by atoms with Gasteiger partial charge in [-0.15, -0.1) is 0 Å². The monoisotopic (exact) mass is 340 g/mol. The van der Waals surface area contributed by atoms with E-state index in [0.29, 0.717) is 6.61 Å². The van der Waals surface area contributed by atoms with E-state index in [-0.39, 0.29) is 11.7 Å². The molecule has 6 heteroatoms. The molecule has 2 aliphatic rings. The lowest BCUT2D eigenvalue weighted by Crippen LogP contribution is -2.58. The Morgan fingerprint density at radius 1 is 1.32 bits per heavy atom. The Balaban J connectivity index is 1.65. The first-order chi connectivity index (χ1) is 12.1. The number of morpholine rings is 1. The molecule has 132 valence electrons. The first-order valence-electron chi connectivity index (χ1n) is 8.90. The molecule has 2 saturated heterocycles. The minimum Gasteiger partial charge on any atom is -0.378 e. The van der Waals surface area contributed by atoms with Gasteiger partial charge in [-0.1, -0.05) is 0 Å². The molecule has 2 atom stereocenters. The fourth-order valence-electron chi connectivity index (χ4n) is 3.78. The zero-order valence-electron chi connectivity index (χ0n) is 14.8. The van der Waals surface area contributed by atoms with Gasteiger partial charge in [-0.25, -0.2) is 9.97 Å². The van der Waals surface area contributed by atoms with Crippen molar-refractivity contribution in [3.8, 4) is 11.4 Å². The Labute approximate surface area is 148 Å². The number of rotatable bonds is 2. The highest BCUT2D eigenvalue weighted by Gasteiger charge is 2.41. The van der Waals surface area contributed by atoms with Gasteiger partial charge >= 0.3 is 0 Å². The van der Waals surface area contributed by atoms with Crippen LogP contribution in [0.4, 0.5) is 5.82 Å². The first-order valence-corrected chi connectivity index (χ1v) is 8.90. The Hall–Kier alpha value is -2.05. The van der Waals surface area contributed by atoms with Crippen LogP contribution in [-0.2, 0) is 9.47 Å². The molecule has 0 bridgehead atoms. The molecule has 1 spiro atoms. The lowest BCUT2D eigenvalue weighted by molar-refractivity contribution is -0.160. The van der Waals surface area contributed by atoms with Crippen molar-refractivity contribution >= 4 is 5.82 Å². The van der Waals surface area contributed by atoms with Gasteiger partial charge in [-0.2, -0.15) is 0 Å². The van der Waals surface area contributed by atoms with Crippen LogP contribution in [0.2, 0.25) is 0 Å². The highest BCUT2D eigenvalue weighted by molar-refractivity contribution is 5.57. The molecule has 25 heavy (non-hydrogen) atoms. The van der Waals surface area contributed by atoms with Crippen LogP contribution in [0.5, 0.6) is 0 Å². The van der Waals surface area contributed by atoms with Gasteiger partial charge in [0.2, 0.25) is 0 Å². The zero-order valence-corrected chi connectivity index (χ0v) is 14.8. The quantitative estimate of drug-likeness (QED) is 0.837. The second kappa shape index (κ2) is 6.69. The highest BCUT2D eigenvalue weighted by Crippen LogP contribution is 2.32. The van der Waals surface area contributed by atoms with E-state index in [1.165, 1.54) is 0 Å². The van der Waals surface area contributed by atoms with Crippen molar-refractivity contribution in [1.82, 2.24) is 15.0 Å². The van der Waals surface area contributed by atoms with Gasteiger partial charge in [0.1, 0.15) is 11.4 Å². The molecule has 0 aromatic carbocycles. The fraction of sp³-hybridized carbons (Fsp3) is 0.526. The molecular formula is C19H24N4O2. The number of hydrogen-bond acceptors (Lipinski definition) is 6. The third kappa shape index (κ3) is 3.50. The summed E-state index contributed by atoms with van der Waals surface area (Å²) in [6.45, 7) is 7.25. The molecule has 0 N–H and O–H groups in total. The van der Waals surface area contributed by atoms with E-state index in [9.17, 15) is 0 Å². The fourth-order valence-corrected chi connectivity index (χ4v) is 3.78. The van der Waals surface area contributed by atoms with Crippen LogP contribution in [0.1, 0.15) is 25.5 Å². The van der Waals surface area contributed by atoms with Crippen LogP contribution in [0.25, 0.3) is 11.4 Å². The third-order valence-electron chi connectivity index (χ3n) is 4.78. The van der Waals surface area contributed by atoms with Gasteiger partial charge in [0, 0.05) is 42.9 Å². The number of aromatic nitrogens is 3. The van der Waals surface area contributed by atoms with Crippen molar-refractivity contribution in [1.29, 1.82) is 0 Å². The summed E-state index contributed by atoms with van der Waals surface area (Å²) in [4.78, 5) is 15.9. The van der Waals surface area contributed by atoms with Crippen molar-refractivity contribution in [3.63, 3.8) is 0 Å². The summed E-state index contributed by atoms with van der Waals surface area (Å²) in [5.74, 6) is 1.67. The highest BCUT2D eigenvalue weighted by atomic mass is 16.6. The molecule has 2 aromatic heterocycles. The lowest BCUT2D eigenvalue weighted by Gasteiger charge is -2.47. The third-order valence-corrected chi connectivity index (χ3v) is 4.78. The number of pyridine rings is 1. The van der Waals surface area contributed by atoms with Crippen molar-refractivity contribution < 1.29 is 9.47 Å². The van der Waals surface area contributed by atoms with Gasteiger partial charge in [0.05, 0.1) is 19.3 Å². The summed E-state index contributed by atoms with van der Waals surface area (Å²) < 4.78 is 12.0. The molecule has 0 unspecified atom stereocenters. The first kappa shape index (κ1) is 16.4. The molecule has 0 saturated carbocycles. The van der Waals surface area contributed by atoms with Crippen LogP contribution in [-0.4, -0.2) is 53.0 Å². The molecule has 4 rings (SSSR count). The predicted octanol–water partition coefficient (Wildman–Crippen LogP) is 2.62. The van der Waals surface area contributed by atoms with Crippen LogP contribution >= 0.6 is 0 Å². The van der Waals surface area contributed by atoms with Crippen LogP contribution in [0.3, 0.4) is 0 Å². The van der Waals surface area contributed by atoms with Gasteiger partial charge in [-0.05, 0) is 38.8 Å². The normalized spacial score (nSPS) is 26.8. The molecule has 2 aromatic rings. The smallest absolute Gasteiger partial charge is 0.163 e. The largest absolute Gasteiger partial charge is 0.378 e. The van der Waals surface area contributed by atoms with E-state index in [0.717, 1.165) is 55.4 Å². The standard InChI is InChI=1S/C19H24N4O2/c1-14-9-17(22-18(21-14)16-5-3-7-20-10-16)23-11-15(2)25-19(12-23)6-4-8-24-13-19/h3,5,7,9-10,15H,4,6,8,11-13H2,1-2H3/t15-,19+/m1/s1. The van der Waals surface area contributed by atoms with E-state index < -0.39 is 0 Å². The maximum Gasteiger partial charge on any atom is 0.163 e. The Morgan fingerprint density at radius 3 is 3.00 bits per heavy atom. The molecule has 0 amide bonds. The van der Waals surface area contributed by atoms with Crippen LogP contribution in [0.15, 0.2) is 30.6 Å². The van der Waals surface area contributed by atoms with Crippen molar-refractivity contribution in [3.05, 3.63) is 36.3 Å². The van der Waals surface area contributed by atoms with Crippen molar-refractivity contribution in [2.75, 3.05) is 31.2 Å². The summed E-state index contributed by atoms with van der Waals surface area (Å²) in [5, 5.41) is 0. The molecule has 0 aliphatic carbocycles. The number of anilines is 1. The molecule has 2 aliphatic heterocycles. The van der Waals surface area contributed by atoms with E-state index in [1.807, 2.05) is 19.1 Å². The number of aryl methyl sites for hydroxylation is 1. The average Bonchev–Trinajstić information content (AvgIpc) is 2.62. The maximum absolute atomic E-state index is 6.29. The van der Waals surface area contributed by atoms with Crippen molar-refractivity contribution in [2.45, 2.75) is 38.4 Å². The molecule has 6 nitrogen and oxygen atoms in total. The van der Waals surface area contributed by atoms with E-state index in [1.54, 1.807) is 12.4 Å². The second-order valence-electron chi connectivity index (χ2n) is 7.08. The predicted molar refractivity (Wildman–Crippen MR) is 95.5 cm³/mol. The second-order valence-corrected chi connectivity index (χ2v) is 7.08. The summed E-state index contributed by atoms with van der Waals surface area (Å²) in [6.07, 6.45) is 5.79. The van der Waals surface area contributed by atoms with E-state index >= 15 is 0 Å². The number of hydrogen-bond donors (Lipinski definition) is 0. The minimum absolute atomic E-state index is 0.146. The molecule has 0 radical (unpaired) electrons. The Kier molecular flexibility index (Phi) is 4.39. The lowest BCUT2D eigenvalue weighted by atomic mass is 9.93. The summed E-state index contributed by atoms with van der Waals surface area (Å²) in [6, 6.07) is 5.95. The Morgan fingerprint density at radius 2 is 2.24 bits per heavy atom. The average molecular weight is 340 g/mol. The molecular weight excluding hydrogens is 316 g/mol. The topological polar surface area (TPSA) is 60.4 Å². The van der Waals surface area contributed by atoms with E-state index in [4.69, 9.17) is 14.5 Å². The zero-order chi connectivity index (χ0) is 17.3. The summed E-state index contributed by atoms with van der Waals surface area (Å²) in [7, 11) is 0. The minimum atomic E-state index is -0.219. The molecule has 4 heterocycles. The Bertz CT molecular complexity index is 731. The van der Waals surface area contributed by atoms with Crippen LogP contribution in [0, 0.1) is 6.92 Å². The number of nitrogens with zero attached hydrogens (tertiary/aromatic N) is 4. The van der Waals surface area contributed by atoms with Gasteiger partial charge < -0.3 is 14.4 Å². The summed E-state index contributed by atoms with van der Waals surface area (Å²) >= 11 is 0. The maximum atomic E-state index is 6.29. The van der Waals surface area contributed by atoms with Gasteiger partial charge in [-0.3, -0.25) is 4.98 Å². The van der Waals surface area contributed by atoms with Gasteiger partial charge in [0.15, 0.2) is 5.82 Å². The van der Waals surface area contributed by atoms with Crippen LogP contribution < -0.4 is 4.90 Å². The van der Waals surface area contributed by atoms with Gasteiger partial charge in [0.25, 0.3) is 0 Å². The van der Waals surface area contributed by atoms with Crippen molar-refractivity contribution in [2.24, 2.45) is 0 Å². The summed E-state index contributed by atoms with van der Waals surface area (Å²) in [5.41, 5.74) is 1.67. The molecule has 2 fully saturated rings. The SMILES string of the molecule is Cc1cc(N2C[C@@H](C)O[C@@]3(CCCOC3)C2)nc(-c2cccnc2)n1. The number of ether oxygens (including phenoxy) is 2.